The second-order valence-electron chi connectivity index (χ2n) is 12.7. The first-order chi connectivity index (χ1) is 25.1. The molecule has 0 aliphatic carbocycles. The number of carboxylic acid groups (broad SMARTS) is 1. The fourth-order valence-corrected chi connectivity index (χ4v) is 5.47. The molecule has 52 heavy (non-hydrogen) atoms. The normalized spacial score (nSPS) is 14.5. The first kappa shape index (κ1) is 49.2. The van der Waals surface area contributed by atoms with Crippen LogP contribution in [0.2, 0.25) is 0 Å². The van der Waals surface area contributed by atoms with Crippen LogP contribution in [0.25, 0.3) is 0 Å². The molecule has 0 spiro atoms. The Morgan fingerprint density at radius 3 is 1.67 bits per heavy atom. The minimum atomic E-state index is -4.72. The van der Waals surface area contributed by atoms with E-state index in [1.807, 2.05) is 0 Å². The van der Waals surface area contributed by atoms with E-state index >= 15 is 0 Å². The van der Waals surface area contributed by atoms with Gasteiger partial charge in [-0.2, -0.15) is 0 Å². The van der Waals surface area contributed by atoms with Crippen LogP contribution < -0.4 is 5.73 Å². The molecule has 298 valence electrons. The zero-order valence-electron chi connectivity index (χ0n) is 31.9. The predicted octanol–water partition coefficient (Wildman–Crippen LogP) is 9.61. The second kappa shape index (κ2) is 35.2. The molecule has 0 radical (unpaired) electrons. The third kappa shape index (κ3) is 34.3. The molecular weight excluding hydrogens is 685 g/mol. The van der Waals surface area contributed by atoms with E-state index in [1.54, 1.807) is 0 Å². The lowest BCUT2D eigenvalue weighted by molar-refractivity contribution is -0.161. The van der Waals surface area contributed by atoms with Gasteiger partial charge < -0.3 is 25.2 Å². The van der Waals surface area contributed by atoms with Crippen LogP contribution >= 0.6 is 7.82 Å². The van der Waals surface area contributed by atoms with Gasteiger partial charge in [0.2, 0.25) is 0 Å². The van der Waals surface area contributed by atoms with Gasteiger partial charge in [-0.15, -0.1) is 0 Å². The van der Waals surface area contributed by atoms with Crippen molar-refractivity contribution >= 4 is 25.7 Å². The summed E-state index contributed by atoms with van der Waals surface area (Å²) in [6, 6.07) is -1.53. The monoisotopic (exact) mass is 753 g/mol. The molecule has 4 N–H and O–H groups in total. The van der Waals surface area contributed by atoms with Gasteiger partial charge in [-0.3, -0.25) is 23.4 Å². The van der Waals surface area contributed by atoms with E-state index in [4.69, 9.17) is 24.8 Å². The number of carbonyl (C=O) groups excluding carboxylic acids is 2. The molecule has 0 aliphatic rings. The number of hydrogen-bond donors (Lipinski definition) is 3. The van der Waals surface area contributed by atoms with Crippen molar-refractivity contribution in [1.82, 2.24) is 0 Å². The summed E-state index contributed by atoms with van der Waals surface area (Å²) in [6.07, 6.45) is 38.7. The summed E-state index contributed by atoms with van der Waals surface area (Å²) in [5.41, 5.74) is 5.31. The van der Waals surface area contributed by atoms with Crippen LogP contribution in [-0.4, -0.2) is 59.9 Å². The first-order valence-corrected chi connectivity index (χ1v) is 20.8. The van der Waals surface area contributed by atoms with E-state index in [0.717, 1.165) is 77.0 Å². The second-order valence-corrected chi connectivity index (χ2v) is 14.1. The lowest BCUT2D eigenvalue weighted by Crippen LogP contribution is -2.34. The van der Waals surface area contributed by atoms with Gasteiger partial charge in [0.05, 0.1) is 13.2 Å². The molecule has 0 rings (SSSR count). The largest absolute Gasteiger partial charge is 0.480 e. The van der Waals surface area contributed by atoms with Crippen molar-refractivity contribution in [3.05, 3.63) is 60.8 Å². The van der Waals surface area contributed by atoms with Crippen LogP contribution in [0.3, 0.4) is 0 Å². The molecule has 0 aromatic carbocycles. The van der Waals surface area contributed by atoms with Crippen molar-refractivity contribution in [3.8, 4) is 0 Å². The first-order valence-electron chi connectivity index (χ1n) is 19.3. The summed E-state index contributed by atoms with van der Waals surface area (Å²) in [5, 5.41) is 8.86. The SMILES string of the molecule is CC/C=C\C/C=C\C/C=C\C/C=C\CCCCC(=O)OC[C@H](COP(=O)(O)OC[C@H](N)C(=O)O)OC(=O)CCCCCCC/C=C\CCCCCC. The maximum Gasteiger partial charge on any atom is 0.472 e. The molecular formula is C40H68NO10P. The van der Waals surface area contributed by atoms with Crippen molar-refractivity contribution < 1.29 is 47.5 Å². The Morgan fingerprint density at radius 2 is 1.08 bits per heavy atom. The minimum absolute atomic E-state index is 0.139. The summed E-state index contributed by atoms with van der Waals surface area (Å²) in [4.78, 5) is 45.7. The van der Waals surface area contributed by atoms with Gasteiger partial charge in [0, 0.05) is 12.8 Å². The quantitative estimate of drug-likeness (QED) is 0.0244. The predicted molar refractivity (Wildman–Crippen MR) is 208 cm³/mol. The fourth-order valence-electron chi connectivity index (χ4n) is 4.70. The highest BCUT2D eigenvalue weighted by Crippen LogP contribution is 2.43. The van der Waals surface area contributed by atoms with Gasteiger partial charge in [0.15, 0.2) is 6.10 Å². The molecule has 0 fully saturated rings. The Morgan fingerprint density at radius 1 is 0.615 bits per heavy atom. The number of carboxylic acids is 1. The van der Waals surface area contributed by atoms with Crippen molar-refractivity contribution in [2.75, 3.05) is 19.8 Å². The van der Waals surface area contributed by atoms with Gasteiger partial charge in [-0.05, 0) is 77.0 Å². The molecule has 3 atom stereocenters. The Balaban J connectivity index is 4.53. The summed E-state index contributed by atoms with van der Waals surface area (Å²) < 4.78 is 32.5. The van der Waals surface area contributed by atoms with Gasteiger partial charge in [0.1, 0.15) is 12.6 Å². The lowest BCUT2D eigenvalue weighted by atomic mass is 10.1. The van der Waals surface area contributed by atoms with Crippen LogP contribution in [-0.2, 0) is 37.5 Å². The maximum absolute atomic E-state index is 12.6. The van der Waals surface area contributed by atoms with E-state index in [0.29, 0.717) is 12.8 Å². The summed E-state index contributed by atoms with van der Waals surface area (Å²) >= 11 is 0. The molecule has 0 saturated heterocycles. The molecule has 0 aliphatic heterocycles. The average molecular weight is 754 g/mol. The summed E-state index contributed by atoms with van der Waals surface area (Å²) in [6.45, 7) is 2.59. The van der Waals surface area contributed by atoms with E-state index in [2.05, 4.69) is 79.1 Å². The van der Waals surface area contributed by atoms with Crippen LogP contribution in [0.4, 0.5) is 0 Å². The molecule has 12 heteroatoms. The minimum Gasteiger partial charge on any atom is -0.480 e. The highest BCUT2D eigenvalue weighted by Gasteiger charge is 2.28. The highest BCUT2D eigenvalue weighted by molar-refractivity contribution is 7.47. The third-order valence-electron chi connectivity index (χ3n) is 7.75. The van der Waals surface area contributed by atoms with Crippen LogP contribution in [0.15, 0.2) is 60.8 Å². The number of carbonyl (C=O) groups is 3. The molecule has 11 nitrogen and oxygen atoms in total. The van der Waals surface area contributed by atoms with Gasteiger partial charge in [-0.25, -0.2) is 4.57 Å². The topological polar surface area (TPSA) is 172 Å². The maximum atomic E-state index is 12.6. The van der Waals surface area contributed by atoms with Crippen molar-refractivity contribution in [2.24, 2.45) is 5.73 Å². The number of esters is 2. The lowest BCUT2D eigenvalue weighted by Gasteiger charge is -2.20. The highest BCUT2D eigenvalue weighted by atomic mass is 31.2. The summed E-state index contributed by atoms with van der Waals surface area (Å²) in [5.74, 6) is -2.45. The molecule has 0 saturated carbocycles. The standard InChI is InChI=1S/C40H68NO10P/c1-3-5-7-9-11-13-15-17-18-20-21-23-25-27-29-31-38(42)48-33-36(34-49-52(46,47)50-35-37(41)40(44)45)51-39(43)32-30-28-26-24-22-19-16-14-12-10-8-6-4-2/h5,7,11,13-14,16-18,21,23,36-37H,3-4,6,8-10,12,15,19-20,22,24-35,41H2,1-2H3,(H,44,45)(H,46,47)/b7-5-,13-11-,16-14-,18-17-,23-21-/t36-,37+/m1/s1. The molecule has 0 aromatic heterocycles. The molecule has 0 amide bonds. The number of allylic oxidation sites excluding steroid dienone is 10. The zero-order chi connectivity index (χ0) is 38.5. The number of unbranched alkanes of at least 4 members (excludes halogenated alkanes) is 11. The number of aliphatic carboxylic acids is 1. The van der Waals surface area contributed by atoms with Crippen LogP contribution in [0.5, 0.6) is 0 Å². The number of rotatable bonds is 35. The Kier molecular flexibility index (Phi) is 33.3. The fraction of sp³-hybridized carbons (Fsp3) is 0.675. The average Bonchev–Trinajstić information content (AvgIpc) is 3.12. The van der Waals surface area contributed by atoms with Gasteiger partial charge in [-0.1, -0.05) is 113 Å². The van der Waals surface area contributed by atoms with E-state index in [1.165, 1.54) is 25.7 Å². The van der Waals surface area contributed by atoms with Gasteiger partial charge in [0.25, 0.3) is 0 Å². The van der Waals surface area contributed by atoms with Crippen molar-refractivity contribution in [3.63, 3.8) is 0 Å². The molecule has 0 heterocycles. The molecule has 0 bridgehead atoms. The number of phosphoric ester groups is 1. The third-order valence-corrected chi connectivity index (χ3v) is 8.70. The molecule has 1 unspecified atom stereocenters. The van der Waals surface area contributed by atoms with Crippen LogP contribution in [0.1, 0.15) is 142 Å². The number of hydrogen-bond acceptors (Lipinski definition) is 9. The Hall–Kier alpha value is -2.82. The number of phosphoric acid groups is 1. The van der Waals surface area contributed by atoms with Crippen molar-refractivity contribution in [2.45, 2.75) is 154 Å². The van der Waals surface area contributed by atoms with E-state index in [-0.39, 0.29) is 19.4 Å². The van der Waals surface area contributed by atoms with Gasteiger partial charge >= 0.3 is 25.7 Å². The van der Waals surface area contributed by atoms with E-state index < -0.39 is 51.1 Å². The zero-order valence-corrected chi connectivity index (χ0v) is 32.8. The van der Waals surface area contributed by atoms with E-state index in [9.17, 15) is 23.8 Å². The Bertz CT molecular complexity index is 1120. The smallest absolute Gasteiger partial charge is 0.472 e. The Labute approximate surface area is 313 Å². The van der Waals surface area contributed by atoms with Crippen LogP contribution in [0, 0.1) is 0 Å². The number of ether oxygens (including phenoxy) is 2. The summed E-state index contributed by atoms with van der Waals surface area (Å²) in [7, 11) is -4.72. The molecule has 0 aromatic rings. The van der Waals surface area contributed by atoms with Crippen molar-refractivity contribution in [1.29, 1.82) is 0 Å². The number of nitrogens with two attached hydrogens (primary N) is 1.